The summed E-state index contributed by atoms with van der Waals surface area (Å²) < 4.78 is 21.9. The second kappa shape index (κ2) is 5.49. The maximum absolute atomic E-state index is 12.2. The fraction of sp³-hybridized carbons (Fsp3) is 0.917. The normalized spacial score (nSPS) is 20.4. The molecule has 106 valence electrons. The highest BCUT2D eigenvalue weighted by atomic mass is 79.9. The highest BCUT2D eigenvalue weighted by molar-refractivity contribution is 9.09. The van der Waals surface area contributed by atoms with Crippen LogP contribution in [0.3, 0.4) is 0 Å². The molecule has 0 aromatic rings. The van der Waals surface area contributed by atoms with E-state index in [2.05, 4.69) is 21.2 Å². The Kier molecular flexibility index (Phi) is 4.87. The van der Waals surface area contributed by atoms with Gasteiger partial charge in [-0.2, -0.15) is 0 Å². The molecular formula is C12H22BrNO3S. The molecule has 0 saturated heterocycles. The van der Waals surface area contributed by atoms with E-state index in [9.17, 15) is 13.2 Å². The molecular weight excluding hydrogens is 318 g/mol. The second-order valence-corrected chi connectivity index (χ2v) is 8.84. The van der Waals surface area contributed by atoms with Gasteiger partial charge in [0.2, 0.25) is 5.91 Å². The zero-order valence-electron chi connectivity index (χ0n) is 11.3. The van der Waals surface area contributed by atoms with Gasteiger partial charge in [0.1, 0.15) is 4.75 Å². The van der Waals surface area contributed by atoms with Crippen LogP contribution in [0, 0.1) is 0 Å². The van der Waals surface area contributed by atoms with E-state index in [1.54, 1.807) is 0 Å². The number of hydrogen-bond acceptors (Lipinski definition) is 3. The first-order valence-corrected chi connectivity index (χ1v) is 9.24. The third kappa shape index (κ3) is 3.26. The molecule has 0 aromatic heterocycles. The van der Waals surface area contributed by atoms with Crippen molar-refractivity contribution in [2.75, 3.05) is 11.6 Å². The molecule has 18 heavy (non-hydrogen) atoms. The molecule has 0 aliphatic heterocycles. The first kappa shape index (κ1) is 16.0. The molecule has 0 unspecified atom stereocenters. The van der Waals surface area contributed by atoms with Crippen LogP contribution in [0.4, 0.5) is 0 Å². The molecule has 0 aromatic carbocycles. The molecule has 1 aliphatic rings. The van der Waals surface area contributed by atoms with Crippen molar-refractivity contribution in [3.8, 4) is 0 Å². The van der Waals surface area contributed by atoms with Crippen molar-refractivity contribution in [3.63, 3.8) is 0 Å². The van der Waals surface area contributed by atoms with E-state index in [0.29, 0.717) is 5.33 Å². The summed E-state index contributed by atoms with van der Waals surface area (Å²) in [6, 6.07) is 0. The van der Waals surface area contributed by atoms with Crippen molar-refractivity contribution in [1.82, 2.24) is 5.32 Å². The number of hydrogen-bond donors (Lipinski definition) is 1. The van der Waals surface area contributed by atoms with Crippen LogP contribution < -0.4 is 5.32 Å². The monoisotopic (exact) mass is 339 g/mol. The summed E-state index contributed by atoms with van der Waals surface area (Å²) >= 11 is 3.45. The Morgan fingerprint density at radius 1 is 1.28 bits per heavy atom. The molecule has 1 aliphatic carbocycles. The predicted octanol–water partition coefficient (Wildman–Crippen LogP) is 2.02. The minimum Gasteiger partial charge on any atom is -0.348 e. The maximum atomic E-state index is 12.2. The molecule has 1 saturated carbocycles. The molecule has 0 radical (unpaired) electrons. The van der Waals surface area contributed by atoms with Crippen molar-refractivity contribution in [2.24, 2.45) is 0 Å². The minimum atomic E-state index is -3.41. The predicted molar refractivity (Wildman–Crippen MR) is 76.7 cm³/mol. The van der Waals surface area contributed by atoms with E-state index < -0.39 is 20.5 Å². The Hall–Kier alpha value is -0.100. The van der Waals surface area contributed by atoms with Crippen molar-refractivity contribution < 1.29 is 13.2 Å². The molecule has 6 heteroatoms. The summed E-state index contributed by atoms with van der Waals surface area (Å²) in [6.07, 6.45) is 6.25. The number of amides is 1. The van der Waals surface area contributed by atoms with Gasteiger partial charge in [-0.1, -0.05) is 35.2 Å². The van der Waals surface area contributed by atoms with Crippen LogP contribution in [0.2, 0.25) is 0 Å². The van der Waals surface area contributed by atoms with Gasteiger partial charge in [-0.25, -0.2) is 8.42 Å². The van der Waals surface area contributed by atoms with Crippen molar-refractivity contribution >= 4 is 31.7 Å². The lowest BCUT2D eigenvalue weighted by atomic mass is 9.83. The number of alkyl halides is 1. The number of halogens is 1. The molecule has 0 bridgehead atoms. The second-order valence-electron chi connectivity index (χ2n) is 5.71. The molecule has 1 rings (SSSR count). The minimum absolute atomic E-state index is 0.280. The molecule has 0 heterocycles. The number of carbonyl (C=O) groups excluding carboxylic acids is 1. The number of rotatable bonds is 4. The first-order chi connectivity index (χ1) is 8.15. The lowest BCUT2D eigenvalue weighted by Crippen LogP contribution is -2.58. The molecule has 0 spiro atoms. The third-order valence-corrected chi connectivity index (χ3v) is 7.03. The first-order valence-electron chi connectivity index (χ1n) is 6.23. The molecule has 1 fully saturated rings. The Bertz CT molecular complexity index is 411. The fourth-order valence-corrected chi connectivity index (χ4v) is 3.17. The van der Waals surface area contributed by atoms with E-state index in [1.807, 2.05) is 0 Å². The average molecular weight is 340 g/mol. The van der Waals surface area contributed by atoms with Crippen LogP contribution in [-0.4, -0.2) is 36.2 Å². The van der Waals surface area contributed by atoms with Crippen LogP contribution in [0.1, 0.15) is 46.0 Å². The quantitative estimate of drug-likeness (QED) is 0.797. The maximum Gasteiger partial charge on any atom is 0.241 e. The van der Waals surface area contributed by atoms with Crippen molar-refractivity contribution in [1.29, 1.82) is 0 Å². The summed E-state index contributed by atoms with van der Waals surface area (Å²) in [5, 5.41) is 3.64. The van der Waals surface area contributed by atoms with Gasteiger partial charge in [-0.3, -0.25) is 4.79 Å². The van der Waals surface area contributed by atoms with Gasteiger partial charge in [0, 0.05) is 17.1 Å². The molecule has 0 atom stereocenters. The number of carbonyl (C=O) groups is 1. The smallest absolute Gasteiger partial charge is 0.241 e. The van der Waals surface area contributed by atoms with Crippen molar-refractivity contribution in [2.45, 2.75) is 56.2 Å². The van der Waals surface area contributed by atoms with Gasteiger partial charge in [0.25, 0.3) is 0 Å². The van der Waals surface area contributed by atoms with E-state index >= 15 is 0 Å². The van der Waals surface area contributed by atoms with Crippen LogP contribution in [-0.2, 0) is 14.6 Å². The Balaban J connectivity index is 2.86. The lowest BCUT2D eigenvalue weighted by molar-refractivity contribution is -0.124. The standard InChI is InChI=1S/C12H22BrNO3S/c1-11(2,18(3,16)17)10(15)14-12(9-13)7-5-4-6-8-12/h4-9H2,1-3H3,(H,14,15). The number of sulfone groups is 1. The zero-order chi connectivity index (χ0) is 14.0. The van der Waals surface area contributed by atoms with Crippen LogP contribution in [0.5, 0.6) is 0 Å². The third-order valence-electron chi connectivity index (χ3n) is 3.92. The van der Waals surface area contributed by atoms with E-state index in [-0.39, 0.29) is 5.54 Å². The summed E-state index contributed by atoms with van der Waals surface area (Å²) in [4.78, 5) is 12.2. The summed E-state index contributed by atoms with van der Waals surface area (Å²) in [5.41, 5.74) is -0.280. The summed E-state index contributed by atoms with van der Waals surface area (Å²) in [6.45, 7) is 2.92. The molecule has 1 N–H and O–H groups in total. The van der Waals surface area contributed by atoms with Gasteiger partial charge < -0.3 is 5.32 Å². The SMILES string of the molecule is CC(C)(C(=O)NC1(CBr)CCCCC1)S(C)(=O)=O. The Morgan fingerprint density at radius 2 is 1.78 bits per heavy atom. The average Bonchev–Trinajstić information content (AvgIpc) is 2.28. The zero-order valence-corrected chi connectivity index (χ0v) is 13.7. The summed E-state index contributed by atoms with van der Waals surface area (Å²) in [5.74, 6) is -0.397. The Labute approximate surface area is 118 Å². The van der Waals surface area contributed by atoms with Crippen LogP contribution in [0.15, 0.2) is 0 Å². The van der Waals surface area contributed by atoms with E-state index in [4.69, 9.17) is 0 Å². The van der Waals surface area contributed by atoms with Gasteiger partial charge >= 0.3 is 0 Å². The van der Waals surface area contributed by atoms with Crippen LogP contribution in [0.25, 0.3) is 0 Å². The Morgan fingerprint density at radius 3 is 2.17 bits per heavy atom. The topological polar surface area (TPSA) is 63.2 Å². The van der Waals surface area contributed by atoms with Gasteiger partial charge in [0.05, 0.1) is 0 Å². The fourth-order valence-electron chi connectivity index (χ4n) is 2.08. The van der Waals surface area contributed by atoms with E-state index in [1.165, 1.54) is 20.3 Å². The molecule has 4 nitrogen and oxygen atoms in total. The summed E-state index contributed by atoms with van der Waals surface area (Å²) in [7, 11) is -3.41. The van der Waals surface area contributed by atoms with Gasteiger partial charge in [-0.05, 0) is 26.7 Å². The van der Waals surface area contributed by atoms with Gasteiger partial charge in [-0.15, -0.1) is 0 Å². The highest BCUT2D eigenvalue weighted by Gasteiger charge is 2.42. The van der Waals surface area contributed by atoms with Crippen molar-refractivity contribution in [3.05, 3.63) is 0 Å². The van der Waals surface area contributed by atoms with Crippen LogP contribution >= 0.6 is 15.9 Å². The lowest BCUT2D eigenvalue weighted by Gasteiger charge is -2.38. The number of nitrogens with one attached hydrogen (secondary N) is 1. The van der Waals surface area contributed by atoms with Gasteiger partial charge in [0.15, 0.2) is 9.84 Å². The largest absolute Gasteiger partial charge is 0.348 e. The van der Waals surface area contributed by atoms with E-state index in [0.717, 1.165) is 31.9 Å². The molecule has 1 amide bonds. The highest BCUT2D eigenvalue weighted by Crippen LogP contribution is 2.31.